The number of ether oxygens (including phenoxy) is 1. The molecular weight excluding hydrogens is 206 g/mol. The first-order valence-corrected chi connectivity index (χ1v) is 4.96. The van der Waals surface area contributed by atoms with Crippen molar-refractivity contribution < 1.29 is 9.53 Å². The van der Waals surface area contributed by atoms with Crippen molar-refractivity contribution in [2.24, 2.45) is 5.73 Å². The third kappa shape index (κ3) is 1.90. The second kappa shape index (κ2) is 4.32. The summed E-state index contributed by atoms with van der Waals surface area (Å²) < 4.78 is 4.58. The van der Waals surface area contributed by atoms with E-state index >= 15 is 0 Å². The number of nitrogens with two attached hydrogens (primary N) is 1. The molecule has 0 aliphatic heterocycles. The number of pyridine rings is 1. The normalized spacial score (nSPS) is 12.6. The van der Waals surface area contributed by atoms with Crippen LogP contribution in [-0.2, 0) is 16.0 Å². The molecule has 5 nitrogen and oxygen atoms in total. The number of hydrogen-bond acceptors (Lipinski definition) is 4. The van der Waals surface area contributed by atoms with E-state index in [1.807, 2.05) is 18.3 Å². The van der Waals surface area contributed by atoms with Crippen LogP contribution >= 0.6 is 0 Å². The fourth-order valence-corrected chi connectivity index (χ4v) is 1.65. The van der Waals surface area contributed by atoms with Gasteiger partial charge in [-0.25, -0.2) is 4.98 Å². The van der Waals surface area contributed by atoms with E-state index in [0.717, 1.165) is 16.6 Å². The maximum atomic E-state index is 11.2. The summed E-state index contributed by atoms with van der Waals surface area (Å²) in [6.07, 6.45) is 3.97. The Morgan fingerprint density at radius 3 is 3.25 bits per heavy atom. The van der Waals surface area contributed by atoms with E-state index in [0.29, 0.717) is 6.42 Å². The summed E-state index contributed by atoms with van der Waals surface area (Å²) in [6.45, 7) is 0. The Morgan fingerprint density at radius 1 is 1.69 bits per heavy atom. The standard InChI is InChI=1S/C11H13N3O2/c1-16-11(15)9(12)5-7-6-14-10-8(7)3-2-4-13-10/h2-4,6,9H,5,12H2,1H3,(H,13,14)/t9-/m1/s1. The SMILES string of the molecule is COC(=O)[C@H](N)Cc1c[nH]c2ncccc12. The minimum atomic E-state index is -0.635. The number of carbonyl (C=O) groups excluding carboxylic acids is 1. The zero-order chi connectivity index (χ0) is 11.5. The molecule has 0 saturated heterocycles. The Morgan fingerprint density at radius 2 is 2.50 bits per heavy atom. The number of fused-ring (bicyclic) bond motifs is 1. The number of methoxy groups -OCH3 is 1. The van der Waals surface area contributed by atoms with Gasteiger partial charge in [-0.15, -0.1) is 0 Å². The van der Waals surface area contributed by atoms with Gasteiger partial charge in [0.05, 0.1) is 7.11 Å². The monoisotopic (exact) mass is 219 g/mol. The molecule has 0 unspecified atom stereocenters. The average Bonchev–Trinajstić information content (AvgIpc) is 2.72. The fourth-order valence-electron chi connectivity index (χ4n) is 1.65. The van der Waals surface area contributed by atoms with E-state index in [4.69, 9.17) is 5.73 Å². The average molecular weight is 219 g/mol. The summed E-state index contributed by atoms with van der Waals surface area (Å²) in [4.78, 5) is 18.4. The van der Waals surface area contributed by atoms with Crippen molar-refractivity contribution in [1.29, 1.82) is 0 Å². The molecule has 0 spiro atoms. The van der Waals surface area contributed by atoms with Gasteiger partial charge in [0.1, 0.15) is 11.7 Å². The van der Waals surface area contributed by atoms with Crippen LogP contribution in [0.2, 0.25) is 0 Å². The van der Waals surface area contributed by atoms with Crippen LogP contribution in [-0.4, -0.2) is 29.1 Å². The highest BCUT2D eigenvalue weighted by Gasteiger charge is 2.16. The number of nitrogens with one attached hydrogen (secondary N) is 1. The number of carbonyl (C=O) groups is 1. The van der Waals surface area contributed by atoms with Crippen LogP contribution in [0, 0.1) is 0 Å². The molecule has 16 heavy (non-hydrogen) atoms. The molecule has 2 aromatic rings. The predicted octanol–water partition coefficient (Wildman–Crippen LogP) is 0.606. The summed E-state index contributed by atoms with van der Waals surface area (Å²) in [6, 6.07) is 3.16. The lowest BCUT2D eigenvalue weighted by Crippen LogP contribution is -2.33. The van der Waals surface area contributed by atoms with Gasteiger partial charge in [0.15, 0.2) is 0 Å². The number of esters is 1. The maximum Gasteiger partial charge on any atom is 0.322 e. The first-order chi connectivity index (χ1) is 7.72. The fraction of sp³-hybridized carbons (Fsp3) is 0.273. The van der Waals surface area contributed by atoms with Gasteiger partial charge in [-0.1, -0.05) is 0 Å². The minimum Gasteiger partial charge on any atom is -0.468 e. The molecule has 0 saturated carbocycles. The highest BCUT2D eigenvalue weighted by atomic mass is 16.5. The number of nitrogens with zero attached hydrogens (tertiary/aromatic N) is 1. The first kappa shape index (κ1) is 10.6. The number of aromatic nitrogens is 2. The summed E-state index contributed by atoms with van der Waals surface area (Å²) in [5.41, 5.74) is 7.47. The molecule has 2 heterocycles. The van der Waals surface area contributed by atoms with Gasteiger partial charge in [0, 0.05) is 24.2 Å². The largest absolute Gasteiger partial charge is 0.468 e. The van der Waals surface area contributed by atoms with Crippen LogP contribution in [0.15, 0.2) is 24.5 Å². The first-order valence-electron chi connectivity index (χ1n) is 4.96. The molecule has 84 valence electrons. The topological polar surface area (TPSA) is 81.0 Å². The Balaban J connectivity index is 2.24. The van der Waals surface area contributed by atoms with Crippen LogP contribution in [0.5, 0.6) is 0 Å². The van der Waals surface area contributed by atoms with E-state index < -0.39 is 12.0 Å². The smallest absolute Gasteiger partial charge is 0.322 e. The van der Waals surface area contributed by atoms with E-state index in [1.54, 1.807) is 6.20 Å². The van der Waals surface area contributed by atoms with Crippen LogP contribution in [0.4, 0.5) is 0 Å². The van der Waals surface area contributed by atoms with Crippen LogP contribution in [0.3, 0.4) is 0 Å². The van der Waals surface area contributed by atoms with E-state index in [9.17, 15) is 4.79 Å². The van der Waals surface area contributed by atoms with Crippen LogP contribution in [0.25, 0.3) is 11.0 Å². The van der Waals surface area contributed by atoms with Crippen molar-refractivity contribution in [2.45, 2.75) is 12.5 Å². The van der Waals surface area contributed by atoms with Crippen molar-refractivity contribution >= 4 is 17.0 Å². The molecule has 2 aromatic heterocycles. The number of rotatable bonds is 3. The van der Waals surface area contributed by atoms with Crippen molar-refractivity contribution in [3.05, 3.63) is 30.1 Å². The highest BCUT2D eigenvalue weighted by molar-refractivity contribution is 5.81. The molecule has 2 rings (SSSR count). The predicted molar refractivity (Wildman–Crippen MR) is 59.8 cm³/mol. The molecule has 0 aliphatic rings. The van der Waals surface area contributed by atoms with E-state index in [-0.39, 0.29) is 0 Å². The van der Waals surface area contributed by atoms with Gasteiger partial charge in [-0.05, 0) is 17.7 Å². The third-order valence-corrected chi connectivity index (χ3v) is 2.48. The Hall–Kier alpha value is -1.88. The highest BCUT2D eigenvalue weighted by Crippen LogP contribution is 2.16. The van der Waals surface area contributed by atoms with Crippen molar-refractivity contribution in [3.63, 3.8) is 0 Å². The second-order valence-corrected chi connectivity index (χ2v) is 3.55. The zero-order valence-corrected chi connectivity index (χ0v) is 8.93. The van der Waals surface area contributed by atoms with Gasteiger partial charge in [0.25, 0.3) is 0 Å². The quantitative estimate of drug-likeness (QED) is 0.741. The molecule has 0 aliphatic carbocycles. The van der Waals surface area contributed by atoms with Crippen molar-refractivity contribution in [3.8, 4) is 0 Å². The summed E-state index contributed by atoms with van der Waals surface area (Å²) in [7, 11) is 1.33. The lowest BCUT2D eigenvalue weighted by atomic mass is 10.1. The maximum absolute atomic E-state index is 11.2. The molecule has 0 fully saturated rings. The van der Waals surface area contributed by atoms with Gasteiger partial charge >= 0.3 is 5.97 Å². The molecule has 0 bridgehead atoms. The van der Waals surface area contributed by atoms with Gasteiger partial charge < -0.3 is 15.5 Å². The lowest BCUT2D eigenvalue weighted by Gasteiger charge is -2.07. The van der Waals surface area contributed by atoms with E-state index in [1.165, 1.54) is 7.11 Å². The lowest BCUT2D eigenvalue weighted by molar-refractivity contribution is -0.142. The Labute approximate surface area is 92.6 Å². The van der Waals surface area contributed by atoms with Gasteiger partial charge in [0.2, 0.25) is 0 Å². The Bertz CT molecular complexity index is 507. The Kier molecular flexibility index (Phi) is 2.87. The molecular formula is C11H13N3O2. The summed E-state index contributed by atoms with van der Waals surface area (Å²) >= 11 is 0. The van der Waals surface area contributed by atoms with Crippen molar-refractivity contribution in [2.75, 3.05) is 7.11 Å². The molecule has 3 N–H and O–H groups in total. The molecule has 0 amide bonds. The minimum absolute atomic E-state index is 0.404. The summed E-state index contributed by atoms with van der Waals surface area (Å²) in [5.74, 6) is -0.404. The van der Waals surface area contributed by atoms with Crippen molar-refractivity contribution in [1.82, 2.24) is 9.97 Å². The third-order valence-electron chi connectivity index (χ3n) is 2.48. The number of H-pyrrole nitrogens is 1. The van der Waals surface area contributed by atoms with E-state index in [2.05, 4.69) is 14.7 Å². The number of hydrogen-bond donors (Lipinski definition) is 2. The van der Waals surface area contributed by atoms with Gasteiger partial charge in [-0.2, -0.15) is 0 Å². The molecule has 1 atom stereocenters. The molecule has 0 aromatic carbocycles. The number of aromatic amines is 1. The van der Waals surface area contributed by atoms with Crippen LogP contribution in [0.1, 0.15) is 5.56 Å². The van der Waals surface area contributed by atoms with Crippen LogP contribution < -0.4 is 5.73 Å². The summed E-state index contributed by atoms with van der Waals surface area (Å²) in [5, 5.41) is 0.988. The van der Waals surface area contributed by atoms with Gasteiger partial charge in [-0.3, -0.25) is 4.79 Å². The molecule has 5 heteroatoms. The molecule has 0 radical (unpaired) electrons. The second-order valence-electron chi connectivity index (χ2n) is 3.55. The zero-order valence-electron chi connectivity index (χ0n) is 8.93.